The van der Waals surface area contributed by atoms with E-state index in [0.29, 0.717) is 19.3 Å². The second-order valence-electron chi connectivity index (χ2n) is 7.22. The first-order valence-electron chi connectivity index (χ1n) is 9.31. The molecule has 27 heavy (non-hydrogen) atoms. The first kappa shape index (κ1) is 17.7. The van der Waals surface area contributed by atoms with Gasteiger partial charge in [-0.15, -0.1) is 0 Å². The maximum atomic E-state index is 5.68. The molecule has 2 aliphatic rings. The van der Waals surface area contributed by atoms with Crippen LogP contribution < -0.4 is 20.4 Å². The fraction of sp³-hybridized carbons (Fsp3) is 0.556. The van der Waals surface area contributed by atoms with Gasteiger partial charge in [-0.25, -0.2) is 15.0 Å². The first-order valence-corrected chi connectivity index (χ1v) is 9.31. The molecule has 0 radical (unpaired) electrons. The summed E-state index contributed by atoms with van der Waals surface area (Å²) < 4.78 is 5.49. The van der Waals surface area contributed by atoms with E-state index in [1.807, 2.05) is 0 Å². The summed E-state index contributed by atoms with van der Waals surface area (Å²) in [6, 6.07) is 0.312. The second-order valence-corrected chi connectivity index (χ2v) is 7.22. The highest BCUT2D eigenvalue weighted by atomic mass is 16.5. The van der Waals surface area contributed by atoms with Crippen molar-refractivity contribution in [2.24, 2.45) is 0 Å². The number of anilines is 4. The Morgan fingerprint density at radius 2 is 1.81 bits per heavy atom. The van der Waals surface area contributed by atoms with Gasteiger partial charge in [-0.2, -0.15) is 4.98 Å². The van der Waals surface area contributed by atoms with Crippen molar-refractivity contribution in [1.82, 2.24) is 19.9 Å². The average Bonchev–Trinajstić information content (AvgIpc) is 2.93. The van der Waals surface area contributed by atoms with Crippen LogP contribution in [-0.2, 0) is 4.74 Å². The van der Waals surface area contributed by atoms with Gasteiger partial charge in [-0.3, -0.25) is 0 Å². The van der Waals surface area contributed by atoms with Crippen LogP contribution in [0.5, 0.6) is 0 Å². The van der Waals surface area contributed by atoms with Crippen molar-refractivity contribution in [3.05, 3.63) is 12.4 Å². The lowest BCUT2D eigenvalue weighted by Crippen LogP contribution is -2.43. The van der Waals surface area contributed by atoms with Crippen LogP contribution in [0.1, 0.15) is 20.8 Å². The molecule has 0 aromatic carbocycles. The monoisotopic (exact) mass is 370 g/mol. The molecular formula is C18H26N8O. The second kappa shape index (κ2) is 6.80. The van der Waals surface area contributed by atoms with Crippen molar-refractivity contribution in [2.45, 2.75) is 33.0 Å². The number of nitrogens with zero attached hydrogens (tertiary/aromatic N) is 7. The fourth-order valence-electron chi connectivity index (χ4n) is 3.73. The summed E-state index contributed by atoms with van der Waals surface area (Å²) in [6.07, 6.45) is 3.64. The number of fused-ring (bicyclic) bond motifs is 1. The number of rotatable bonds is 3. The first-order chi connectivity index (χ1) is 13.0. The fourth-order valence-corrected chi connectivity index (χ4v) is 3.73. The molecule has 0 saturated carbocycles. The molecule has 1 atom stereocenters. The molecule has 4 heterocycles. The Hall–Kier alpha value is -2.68. The highest BCUT2D eigenvalue weighted by Crippen LogP contribution is 2.44. The van der Waals surface area contributed by atoms with Crippen LogP contribution in [0, 0.1) is 0 Å². The molecule has 1 saturated heterocycles. The van der Waals surface area contributed by atoms with Gasteiger partial charge < -0.3 is 25.2 Å². The molecule has 2 aromatic rings. The molecule has 144 valence electrons. The van der Waals surface area contributed by atoms with Crippen molar-refractivity contribution in [2.75, 3.05) is 53.8 Å². The zero-order chi connectivity index (χ0) is 19.1. The predicted molar refractivity (Wildman–Crippen MR) is 106 cm³/mol. The third kappa shape index (κ3) is 3.01. The molecule has 2 aliphatic heterocycles. The number of aromatic nitrogens is 4. The number of nitrogen functional groups attached to an aromatic ring is 1. The minimum atomic E-state index is 0.183. The van der Waals surface area contributed by atoms with Gasteiger partial charge in [-0.1, -0.05) is 0 Å². The maximum Gasteiger partial charge on any atom is 0.228 e. The van der Waals surface area contributed by atoms with Gasteiger partial charge in [0.15, 0.2) is 5.82 Å². The zero-order valence-electron chi connectivity index (χ0n) is 16.3. The van der Waals surface area contributed by atoms with Gasteiger partial charge in [0.1, 0.15) is 17.5 Å². The van der Waals surface area contributed by atoms with Gasteiger partial charge in [0.2, 0.25) is 11.9 Å². The molecule has 1 fully saturated rings. The summed E-state index contributed by atoms with van der Waals surface area (Å²) in [7, 11) is 2.07. The van der Waals surface area contributed by atoms with Crippen LogP contribution in [0.15, 0.2) is 12.4 Å². The van der Waals surface area contributed by atoms with Gasteiger partial charge >= 0.3 is 0 Å². The SMILES string of the molecule is CC(C)N1c2nc(N3CCOCC3)nc(-c3cnc(N)nc3)c2N(C)C1C. The Kier molecular flexibility index (Phi) is 4.47. The molecule has 9 heteroatoms. The van der Waals surface area contributed by atoms with Crippen LogP contribution in [-0.4, -0.2) is 65.5 Å². The van der Waals surface area contributed by atoms with Crippen LogP contribution in [0.25, 0.3) is 11.3 Å². The molecule has 9 nitrogen and oxygen atoms in total. The topological polar surface area (TPSA) is 96.5 Å². The highest BCUT2D eigenvalue weighted by Gasteiger charge is 2.37. The number of nitrogens with two attached hydrogens (primary N) is 1. The van der Waals surface area contributed by atoms with Gasteiger partial charge in [-0.05, 0) is 20.8 Å². The molecule has 0 spiro atoms. The molecule has 0 aliphatic carbocycles. The Labute approximate surface area is 159 Å². The average molecular weight is 370 g/mol. The van der Waals surface area contributed by atoms with Crippen LogP contribution in [0.2, 0.25) is 0 Å². The lowest BCUT2D eigenvalue weighted by atomic mass is 10.2. The molecule has 4 rings (SSSR count). The molecule has 1 unspecified atom stereocenters. The highest BCUT2D eigenvalue weighted by molar-refractivity contribution is 5.88. The summed E-state index contributed by atoms with van der Waals surface area (Å²) in [5.74, 6) is 1.92. The van der Waals surface area contributed by atoms with E-state index in [1.165, 1.54) is 0 Å². The van der Waals surface area contributed by atoms with E-state index < -0.39 is 0 Å². The summed E-state index contributed by atoms with van der Waals surface area (Å²) in [5.41, 5.74) is 8.35. The Bertz CT molecular complexity index is 819. The molecular weight excluding hydrogens is 344 g/mol. The minimum Gasteiger partial charge on any atom is -0.378 e. The van der Waals surface area contributed by atoms with Crippen molar-refractivity contribution in [3.63, 3.8) is 0 Å². The molecule has 0 bridgehead atoms. The van der Waals surface area contributed by atoms with Crippen LogP contribution >= 0.6 is 0 Å². The lowest BCUT2D eigenvalue weighted by molar-refractivity contribution is 0.122. The van der Waals surface area contributed by atoms with Gasteiger partial charge in [0, 0.05) is 44.1 Å². The molecule has 2 aromatic heterocycles. The Balaban J connectivity index is 1.90. The number of morpholine rings is 1. The lowest BCUT2D eigenvalue weighted by Gasteiger charge is -2.30. The van der Waals surface area contributed by atoms with Crippen molar-refractivity contribution >= 4 is 23.4 Å². The van der Waals surface area contributed by atoms with E-state index in [9.17, 15) is 0 Å². The largest absolute Gasteiger partial charge is 0.378 e. The van der Waals surface area contributed by atoms with Crippen molar-refractivity contribution < 1.29 is 4.74 Å². The van der Waals surface area contributed by atoms with Gasteiger partial charge in [0.25, 0.3) is 0 Å². The normalized spacial score (nSPS) is 19.7. The van der Waals surface area contributed by atoms with E-state index >= 15 is 0 Å². The van der Waals surface area contributed by atoms with E-state index in [2.05, 4.69) is 52.5 Å². The summed E-state index contributed by atoms with van der Waals surface area (Å²) in [5, 5.41) is 0. The van der Waals surface area contributed by atoms with Crippen molar-refractivity contribution in [1.29, 1.82) is 0 Å². The third-order valence-electron chi connectivity index (χ3n) is 5.21. The van der Waals surface area contributed by atoms with Crippen LogP contribution in [0.3, 0.4) is 0 Å². The summed E-state index contributed by atoms with van der Waals surface area (Å²) in [6.45, 7) is 9.48. The summed E-state index contributed by atoms with van der Waals surface area (Å²) >= 11 is 0. The maximum absolute atomic E-state index is 5.68. The molecule has 2 N–H and O–H groups in total. The molecule has 0 amide bonds. The van der Waals surface area contributed by atoms with E-state index in [4.69, 9.17) is 20.4 Å². The van der Waals surface area contributed by atoms with Gasteiger partial charge in [0.05, 0.1) is 13.2 Å². The Morgan fingerprint density at radius 1 is 1.15 bits per heavy atom. The van der Waals surface area contributed by atoms with E-state index in [-0.39, 0.29) is 12.1 Å². The number of hydrogen-bond donors (Lipinski definition) is 1. The van der Waals surface area contributed by atoms with Crippen LogP contribution in [0.4, 0.5) is 23.4 Å². The number of ether oxygens (including phenoxy) is 1. The predicted octanol–water partition coefficient (Wildman–Crippen LogP) is 1.36. The quantitative estimate of drug-likeness (QED) is 0.859. The zero-order valence-corrected chi connectivity index (χ0v) is 16.3. The van der Waals surface area contributed by atoms with Crippen molar-refractivity contribution in [3.8, 4) is 11.3 Å². The third-order valence-corrected chi connectivity index (χ3v) is 5.21. The van der Waals surface area contributed by atoms with E-state index in [1.54, 1.807) is 12.4 Å². The minimum absolute atomic E-state index is 0.183. The smallest absolute Gasteiger partial charge is 0.228 e. The summed E-state index contributed by atoms with van der Waals surface area (Å²) in [4.78, 5) is 24.9. The standard InChI is InChI=1S/C18H26N8O/c1-11(2)26-12(3)24(4)15-14(13-9-20-17(19)21-10-13)22-18(23-16(15)26)25-5-7-27-8-6-25/h9-12H,5-8H2,1-4H3,(H2,19,20,21). The van der Waals surface area contributed by atoms with E-state index in [0.717, 1.165) is 41.8 Å². The number of hydrogen-bond acceptors (Lipinski definition) is 9. The Morgan fingerprint density at radius 3 is 2.44 bits per heavy atom.